The molecular weight excluding hydrogens is 262 g/mol. The molecule has 0 radical (unpaired) electrons. The zero-order chi connectivity index (χ0) is 15.2. The molecule has 2 rings (SSSR count). The van der Waals surface area contributed by atoms with E-state index >= 15 is 0 Å². The van der Waals surface area contributed by atoms with Crippen LogP contribution in [0.15, 0.2) is 42.5 Å². The Balaban J connectivity index is 2.08. The molecule has 0 bridgehead atoms. The van der Waals surface area contributed by atoms with Crippen LogP contribution in [0.25, 0.3) is 0 Å². The first-order valence-corrected chi connectivity index (χ1v) is 7.18. The molecule has 0 aliphatic carbocycles. The van der Waals surface area contributed by atoms with Crippen molar-refractivity contribution in [3.8, 4) is 11.5 Å². The highest BCUT2D eigenvalue weighted by Gasteiger charge is 2.05. The summed E-state index contributed by atoms with van der Waals surface area (Å²) < 4.78 is 10.7. The van der Waals surface area contributed by atoms with E-state index < -0.39 is 0 Å². The van der Waals surface area contributed by atoms with Gasteiger partial charge in [0.05, 0.1) is 14.2 Å². The van der Waals surface area contributed by atoms with Crippen molar-refractivity contribution in [3.05, 3.63) is 53.6 Å². The van der Waals surface area contributed by atoms with Crippen LogP contribution in [0.3, 0.4) is 0 Å². The topological polar surface area (TPSA) is 30.5 Å². The van der Waals surface area contributed by atoms with Gasteiger partial charge in [-0.05, 0) is 41.8 Å². The van der Waals surface area contributed by atoms with E-state index in [-0.39, 0.29) is 0 Å². The summed E-state index contributed by atoms with van der Waals surface area (Å²) in [6.45, 7) is 5.09. The SMILES string of the molecule is COc1ccc(OC)c(CNc2ccc(C(C)C)cc2)c1. The summed E-state index contributed by atoms with van der Waals surface area (Å²) in [5.74, 6) is 2.25. The smallest absolute Gasteiger partial charge is 0.124 e. The van der Waals surface area contributed by atoms with Gasteiger partial charge in [0.25, 0.3) is 0 Å². The Bertz CT molecular complexity index is 576. The van der Waals surface area contributed by atoms with E-state index in [2.05, 4.69) is 43.4 Å². The minimum absolute atomic E-state index is 0.553. The van der Waals surface area contributed by atoms with Gasteiger partial charge in [-0.3, -0.25) is 0 Å². The molecule has 0 unspecified atom stereocenters. The predicted molar refractivity (Wildman–Crippen MR) is 87.4 cm³/mol. The number of anilines is 1. The zero-order valence-corrected chi connectivity index (χ0v) is 13.1. The van der Waals surface area contributed by atoms with E-state index in [1.165, 1.54) is 5.56 Å². The van der Waals surface area contributed by atoms with E-state index in [1.54, 1.807) is 14.2 Å². The summed E-state index contributed by atoms with van der Waals surface area (Å²) in [5.41, 5.74) is 3.52. The van der Waals surface area contributed by atoms with Crippen LogP contribution in [0.4, 0.5) is 5.69 Å². The van der Waals surface area contributed by atoms with Gasteiger partial charge in [0.2, 0.25) is 0 Å². The molecule has 2 aromatic carbocycles. The van der Waals surface area contributed by atoms with Crippen LogP contribution in [0.5, 0.6) is 11.5 Å². The highest BCUT2D eigenvalue weighted by molar-refractivity contribution is 5.48. The monoisotopic (exact) mass is 285 g/mol. The molecule has 0 aliphatic rings. The molecule has 2 aromatic rings. The molecule has 0 aliphatic heterocycles. The first kappa shape index (κ1) is 15.2. The fourth-order valence-corrected chi connectivity index (χ4v) is 2.20. The normalized spacial score (nSPS) is 10.5. The maximum absolute atomic E-state index is 5.39. The Morgan fingerprint density at radius 2 is 1.67 bits per heavy atom. The number of hydrogen-bond acceptors (Lipinski definition) is 3. The zero-order valence-electron chi connectivity index (χ0n) is 13.1. The van der Waals surface area contributed by atoms with Crippen molar-refractivity contribution in [2.75, 3.05) is 19.5 Å². The Hall–Kier alpha value is -2.16. The number of benzene rings is 2. The first-order valence-electron chi connectivity index (χ1n) is 7.18. The van der Waals surface area contributed by atoms with Crippen molar-refractivity contribution in [2.45, 2.75) is 26.3 Å². The molecule has 3 heteroatoms. The van der Waals surface area contributed by atoms with Crippen molar-refractivity contribution < 1.29 is 9.47 Å². The maximum atomic E-state index is 5.39. The molecule has 0 saturated heterocycles. The number of rotatable bonds is 6. The van der Waals surface area contributed by atoms with Crippen molar-refractivity contribution in [2.24, 2.45) is 0 Å². The van der Waals surface area contributed by atoms with Crippen LogP contribution in [-0.4, -0.2) is 14.2 Å². The lowest BCUT2D eigenvalue weighted by molar-refractivity contribution is 0.399. The third kappa shape index (κ3) is 3.91. The quantitative estimate of drug-likeness (QED) is 0.851. The first-order chi connectivity index (χ1) is 10.1. The second-order valence-corrected chi connectivity index (χ2v) is 5.31. The summed E-state index contributed by atoms with van der Waals surface area (Å²) >= 11 is 0. The van der Waals surface area contributed by atoms with Crippen molar-refractivity contribution >= 4 is 5.69 Å². The summed E-state index contributed by atoms with van der Waals surface area (Å²) in [4.78, 5) is 0. The van der Waals surface area contributed by atoms with Gasteiger partial charge in [-0.15, -0.1) is 0 Å². The fraction of sp³-hybridized carbons (Fsp3) is 0.333. The van der Waals surface area contributed by atoms with Crippen molar-refractivity contribution in [1.29, 1.82) is 0 Å². The van der Waals surface area contributed by atoms with Crippen LogP contribution in [0, 0.1) is 0 Å². The molecule has 0 amide bonds. The molecule has 0 aromatic heterocycles. The number of methoxy groups -OCH3 is 2. The molecule has 0 atom stereocenters. The van der Waals surface area contributed by atoms with E-state index in [0.717, 1.165) is 22.7 Å². The number of nitrogens with one attached hydrogen (secondary N) is 1. The molecule has 0 saturated carbocycles. The van der Waals surface area contributed by atoms with Gasteiger partial charge in [-0.25, -0.2) is 0 Å². The molecule has 0 spiro atoms. The number of hydrogen-bond donors (Lipinski definition) is 1. The maximum Gasteiger partial charge on any atom is 0.124 e. The highest BCUT2D eigenvalue weighted by atomic mass is 16.5. The highest BCUT2D eigenvalue weighted by Crippen LogP contribution is 2.25. The minimum Gasteiger partial charge on any atom is -0.497 e. The third-order valence-corrected chi connectivity index (χ3v) is 3.55. The van der Waals surface area contributed by atoms with Gasteiger partial charge in [-0.1, -0.05) is 26.0 Å². The predicted octanol–water partition coefficient (Wildman–Crippen LogP) is 4.44. The van der Waals surface area contributed by atoms with E-state index in [0.29, 0.717) is 12.5 Å². The second kappa shape index (κ2) is 7.02. The van der Waals surface area contributed by atoms with Gasteiger partial charge in [0, 0.05) is 17.8 Å². The Labute approximate surface area is 126 Å². The second-order valence-electron chi connectivity index (χ2n) is 5.31. The molecule has 21 heavy (non-hydrogen) atoms. The van der Waals surface area contributed by atoms with Gasteiger partial charge in [0.15, 0.2) is 0 Å². The van der Waals surface area contributed by atoms with Crippen LogP contribution in [0.2, 0.25) is 0 Å². The molecular formula is C18H23NO2. The lowest BCUT2D eigenvalue weighted by Gasteiger charge is -2.13. The molecule has 112 valence electrons. The number of ether oxygens (including phenoxy) is 2. The molecule has 1 N–H and O–H groups in total. The van der Waals surface area contributed by atoms with Gasteiger partial charge >= 0.3 is 0 Å². The summed E-state index contributed by atoms with van der Waals surface area (Å²) in [5, 5.41) is 3.42. The molecule has 0 fully saturated rings. The molecule has 3 nitrogen and oxygen atoms in total. The largest absolute Gasteiger partial charge is 0.497 e. The summed E-state index contributed by atoms with van der Waals surface area (Å²) in [6, 6.07) is 14.4. The van der Waals surface area contributed by atoms with Gasteiger partial charge in [-0.2, -0.15) is 0 Å². The van der Waals surface area contributed by atoms with Crippen LogP contribution in [-0.2, 0) is 6.54 Å². The Morgan fingerprint density at radius 3 is 2.24 bits per heavy atom. The Kier molecular flexibility index (Phi) is 5.09. The van der Waals surface area contributed by atoms with Gasteiger partial charge < -0.3 is 14.8 Å². The van der Waals surface area contributed by atoms with E-state index in [4.69, 9.17) is 9.47 Å². The summed E-state index contributed by atoms with van der Waals surface area (Å²) in [7, 11) is 3.35. The average Bonchev–Trinajstić information content (AvgIpc) is 2.52. The average molecular weight is 285 g/mol. The Morgan fingerprint density at radius 1 is 0.952 bits per heavy atom. The van der Waals surface area contributed by atoms with Crippen LogP contribution < -0.4 is 14.8 Å². The van der Waals surface area contributed by atoms with Crippen molar-refractivity contribution in [3.63, 3.8) is 0 Å². The fourth-order valence-electron chi connectivity index (χ4n) is 2.20. The lowest BCUT2D eigenvalue weighted by atomic mass is 10.0. The van der Waals surface area contributed by atoms with E-state index in [9.17, 15) is 0 Å². The standard InChI is InChI=1S/C18H23NO2/c1-13(2)14-5-7-16(8-6-14)19-12-15-11-17(20-3)9-10-18(15)21-4/h5-11,13,19H,12H2,1-4H3. The van der Waals surface area contributed by atoms with Crippen molar-refractivity contribution in [1.82, 2.24) is 0 Å². The van der Waals surface area contributed by atoms with E-state index in [1.807, 2.05) is 18.2 Å². The third-order valence-electron chi connectivity index (χ3n) is 3.55. The lowest BCUT2D eigenvalue weighted by Crippen LogP contribution is -2.02. The van der Waals surface area contributed by atoms with Crippen LogP contribution in [0.1, 0.15) is 30.9 Å². The van der Waals surface area contributed by atoms with Gasteiger partial charge in [0.1, 0.15) is 11.5 Å². The summed E-state index contributed by atoms with van der Waals surface area (Å²) in [6.07, 6.45) is 0. The molecule has 0 heterocycles. The minimum atomic E-state index is 0.553. The van der Waals surface area contributed by atoms with Crippen LogP contribution >= 0.6 is 0 Å².